The summed E-state index contributed by atoms with van der Waals surface area (Å²) in [4.78, 5) is 2.24. The molecule has 1 aliphatic rings. The number of methoxy groups -OCH3 is 4. The van der Waals surface area contributed by atoms with E-state index in [9.17, 15) is 0 Å². The highest BCUT2D eigenvalue weighted by Crippen LogP contribution is 2.40. The predicted octanol–water partition coefficient (Wildman–Crippen LogP) is 6.22. The van der Waals surface area contributed by atoms with Gasteiger partial charge >= 0.3 is 0 Å². The van der Waals surface area contributed by atoms with Gasteiger partial charge in [-0.3, -0.25) is 0 Å². The second-order valence-electron chi connectivity index (χ2n) is 8.65. The molecular weight excluding hydrogens is 496 g/mol. The molecule has 0 amide bonds. The Morgan fingerprint density at radius 2 is 1.58 bits per heavy atom. The molecule has 1 aliphatic heterocycles. The van der Waals surface area contributed by atoms with Crippen LogP contribution in [-0.2, 0) is 12.8 Å². The van der Waals surface area contributed by atoms with Crippen LogP contribution < -0.4 is 24.3 Å². The first-order valence-corrected chi connectivity index (χ1v) is 12.5. The van der Waals surface area contributed by atoms with Gasteiger partial charge in [0.1, 0.15) is 0 Å². The van der Waals surface area contributed by atoms with E-state index in [-0.39, 0.29) is 6.04 Å². The number of aryl methyl sites for hydroxylation is 1. The molecule has 4 rings (SSSR count). The SMILES string of the molecule is COc1ccc(CC2c3cc(OC)c(OC)cc3CCN2C(=S)Nc2ccc(Cl)cc2C)cc1OC. The number of rotatable bonds is 7. The third-order valence-corrected chi connectivity index (χ3v) is 7.14. The summed E-state index contributed by atoms with van der Waals surface area (Å²) in [5.74, 6) is 2.82. The fraction of sp³-hybridized carbons (Fsp3) is 0.321. The van der Waals surface area contributed by atoms with Crippen LogP contribution in [0.2, 0.25) is 5.02 Å². The van der Waals surface area contributed by atoms with E-state index in [0.717, 1.165) is 41.1 Å². The molecule has 0 spiro atoms. The minimum absolute atomic E-state index is 0.0285. The molecule has 1 heterocycles. The highest BCUT2D eigenvalue weighted by atomic mass is 35.5. The number of hydrogen-bond acceptors (Lipinski definition) is 5. The van der Waals surface area contributed by atoms with Gasteiger partial charge in [0, 0.05) is 17.3 Å². The summed E-state index contributed by atoms with van der Waals surface area (Å²) in [6.45, 7) is 2.78. The van der Waals surface area contributed by atoms with Gasteiger partial charge in [-0.1, -0.05) is 17.7 Å². The Labute approximate surface area is 223 Å². The maximum atomic E-state index is 6.16. The zero-order chi connectivity index (χ0) is 25.8. The third-order valence-electron chi connectivity index (χ3n) is 6.57. The van der Waals surface area contributed by atoms with E-state index in [4.69, 9.17) is 42.8 Å². The van der Waals surface area contributed by atoms with Gasteiger partial charge in [-0.25, -0.2) is 0 Å². The first-order valence-electron chi connectivity index (χ1n) is 11.7. The van der Waals surface area contributed by atoms with Crippen molar-refractivity contribution in [2.45, 2.75) is 25.8 Å². The Kier molecular flexibility index (Phi) is 8.11. The van der Waals surface area contributed by atoms with E-state index >= 15 is 0 Å². The van der Waals surface area contributed by atoms with Gasteiger partial charge in [-0.15, -0.1) is 0 Å². The Hall–Kier alpha value is -3.16. The number of hydrogen-bond donors (Lipinski definition) is 1. The standard InChI is InChI=1S/C28H31ClN2O4S/c1-17-12-20(29)7-8-22(17)30-28(36)31-11-10-19-15-26(34-4)27(35-5)16-21(19)23(31)13-18-6-9-24(32-2)25(14-18)33-3/h6-9,12,14-16,23H,10-11,13H2,1-5H3,(H,30,36). The van der Waals surface area contributed by atoms with Gasteiger partial charge in [0.2, 0.25) is 0 Å². The zero-order valence-electron chi connectivity index (χ0n) is 21.2. The quantitative estimate of drug-likeness (QED) is 0.367. The average Bonchev–Trinajstić information content (AvgIpc) is 2.89. The molecular formula is C28H31ClN2O4S. The Bertz CT molecular complexity index is 1270. The molecule has 190 valence electrons. The van der Waals surface area contributed by atoms with Crippen molar-refractivity contribution in [1.29, 1.82) is 0 Å². The van der Waals surface area contributed by atoms with Crippen LogP contribution >= 0.6 is 23.8 Å². The number of fused-ring (bicyclic) bond motifs is 1. The van der Waals surface area contributed by atoms with E-state index in [0.29, 0.717) is 33.8 Å². The van der Waals surface area contributed by atoms with Crippen molar-refractivity contribution in [3.8, 4) is 23.0 Å². The van der Waals surface area contributed by atoms with Crippen molar-refractivity contribution in [2.75, 3.05) is 40.3 Å². The summed E-state index contributed by atoms with van der Waals surface area (Å²) in [6, 6.07) is 15.9. The predicted molar refractivity (Wildman–Crippen MR) is 148 cm³/mol. The molecule has 0 radical (unpaired) electrons. The fourth-order valence-corrected chi connectivity index (χ4v) is 5.23. The fourth-order valence-electron chi connectivity index (χ4n) is 4.68. The zero-order valence-corrected chi connectivity index (χ0v) is 22.8. The second kappa shape index (κ2) is 11.3. The van der Waals surface area contributed by atoms with Crippen molar-refractivity contribution >= 4 is 34.6 Å². The summed E-state index contributed by atoms with van der Waals surface area (Å²) in [5.41, 5.74) is 5.46. The minimum atomic E-state index is -0.0285. The van der Waals surface area contributed by atoms with E-state index in [1.807, 2.05) is 37.3 Å². The summed E-state index contributed by atoms with van der Waals surface area (Å²) in [7, 11) is 6.60. The topological polar surface area (TPSA) is 52.2 Å². The van der Waals surface area contributed by atoms with Crippen LogP contribution in [0.3, 0.4) is 0 Å². The lowest BCUT2D eigenvalue weighted by Gasteiger charge is -2.40. The van der Waals surface area contributed by atoms with Gasteiger partial charge in [0.15, 0.2) is 28.1 Å². The molecule has 1 atom stereocenters. The maximum absolute atomic E-state index is 6.16. The number of nitrogens with one attached hydrogen (secondary N) is 1. The van der Waals surface area contributed by atoms with Crippen molar-refractivity contribution < 1.29 is 18.9 Å². The molecule has 8 heteroatoms. The van der Waals surface area contributed by atoms with Crippen molar-refractivity contribution in [3.05, 3.63) is 75.8 Å². The largest absolute Gasteiger partial charge is 0.493 e. The molecule has 0 aromatic heterocycles. The van der Waals surface area contributed by atoms with Crippen molar-refractivity contribution in [2.24, 2.45) is 0 Å². The molecule has 0 saturated heterocycles. The summed E-state index contributed by atoms with van der Waals surface area (Å²) in [5, 5.41) is 4.80. The average molecular weight is 527 g/mol. The van der Waals surface area contributed by atoms with Crippen LogP contribution in [0.4, 0.5) is 5.69 Å². The number of ether oxygens (including phenoxy) is 4. The van der Waals surface area contributed by atoms with Crippen molar-refractivity contribution in [3.63, 3.8) is 0 Å². The minimum Gasteiger partial charge on any atom is -0.493 e. The Morgan fingerprint density at radius 1 is 0.917 bits per heavy atom. The van der Waals surface area contributed by atoms with E-state index in [1.54, 1.807) is 28.4 Å². The van der Waals surface area contributed by atoms with Gasteiger partial charge in [0.05, 0.1) is 34.5 Å². The molecule has 0 aliphatic carbocycles. The summed E-state index contributed by atoms with van der Waals surface area (Å²) < 4.78 is 22.2. The molecule has 1 unspecified atom stereocenters. The van der Waals surface area contributed by atoms with E-state index in [1.165, 1.54) is 5.56 Å². The molecule has 36 heavy (non-hydrogen) atoms. The lowest BCUT2D eigenvalue weighted by Crippen LogP contribution is -2.43. The first kappa shape index (κ1) is 25.9. The molecule has 6 nitrogen and oxygen atoms in total. The smallest absolute Gasteiger partial charge is 0.173 e. The normalized spacial score (nSPS) is 14.6. The molecule has 0 bridgehead atoms. The third kappa shape index (κ3) is 5.32. The molecule has 1 N–H and O–H groups in total. The lowest BCUT2D eigenvalue weighted by atomic mass is 9.88. The van der Waals surface area contributed by atoms with Crippen LogP contribution in [0, 0.1) is 6.92 Å². The highest BCUT2D eigenvalue weighted by molar-refractivity contribution is 7.80. The van der Waals surface area contributed by atoms with Gasteiger partial charge in [-0.05, 0) is 96.7 Å². The van der Waals surface area contributed by atoms with E-state index < -0.39 is 0 Å². The second-order valence-corrected chi connectivity index (χ2v) is 9.47. The molecule has 3 aromatic carbocycles. The first-order chi connectivity index (χ1) is 17.4. The Morgan fingerprint density at radius 3 is 2.25 bits per heavy atom. The molecule has 0 fully saturated rings. The lowest BCUT2D eigenvalue weighted by molar-refractivity contribution is 0.295. The van der Waals surface area contributed by atoms with Crippen molar-refractivity contribution in [1.82, 2.24) is 4.90 Å². The summed E-state index contributed by atoms with van der Waals surface area (Å²) in [6.07, 6.45) is 1.55. The van der Waals surface area contributed by atoms with Gasteiger partial charge < -0.3 is 29.2 Å². The number of thiocarbonyl (C=S) groups is 1. The van der Waals surface area contributed by atoms with Gasteiger partial charge in [0.25, 0.3) is 0 Å². The van der Waals surface area contributed by atoms with Crippen LogP contribution in [-0.4, -0.2) is 45.0 Å². The number of halogens is 1. The summed E-state index contributed by atoms with van der Waals surface area (Å²) >= 11 is 12.1. The Balaban J connectivity index is 1.73. The maximum Gasteiger partial charge on any atom is 0.173 e. The van der Waals surface area contributed by atoms with Crippen LogP contribution in [0.25, 0.3) is 0 Å². The van der Waals surface area contributed by atoms with E-state index in [2.05, 4.69) is 28.4 Å². The highest BCUT2D eigenvalue weighted by Gasteiger charge is 2.31. The van der Waals surface area contributed by atoms with Crippen LogP contribution in [0.1, 0.15) is 28.3 Å². The number of benzene rings is 3. The molecule has 3 aromatic rings. The van der Waals surface area contributed by atoms with Crippen LogP contribution in [0.15, 0.2) is 48.5 Å². The van der Waals surface area contributed by atoms with Crippen LogP contribution in [0.5, 0.6) is 23.0 Å². The number of nitrogens with zero attached hydrogens (tertiary/aromatic N) is 1. The molecule has 0 saturated carbocycles. The monoisotopic (exact) mass is 526 g/mol. The number of anilines is 1. The van der Waals surface area contributed by atoms with Gasteiger partial charge in [-0.2, -0.15) is 0 Å².